The summed E-state index contributed by atoms with van der Waals surface area (Å²) in [4.78, 5) is 0. The molecule has 4 saturated carbocycles. The van der Waals surface area contributed by atoms with Crippen molar-refractivity contribution in [3.63, 3.8) is 0 Å². The lowest BCUT2D eigenvalue weighted by Gasteiger charge is -2.73. The van der Waals surface area contributed by atoms with E-state index in [4.69, 9.17) is 0 Å². The van der Waals surface area contributed by atoms with E-state index in [9.17, 15) is 10.2 Å². The average Bonchev–Trinajstić information content (AvgIpc) is 2.68. The summed E-state index contributed by atoms with van der Waals surface area (Å²) in [5, 5.41) is 22.6. The summed E-state index contributed by atoms with van der Waals surface area (Å²) in [6.45, 7) is 19.6. The molecular formula is C30H50O2. The van der Waals surface area contributed by atoms with Crippen molar-refractivity contribution < 1.29 is 10.2 Å². The third kappa shape index (κ3) is 2.72. The predicted octanol–water partition coefficient (Wildman–Crippen LogP) is 7.14. The molecule has 32 heavy (non-hydrogen) atoms. The molecule has 9 atom stereocenters. The van der Waals surface area contributed by atoms with Gasteiger partial charge in [0, 0.05) is 5.41 Å². The van der Waals surface area contributed by atoms with E-state index in [1.165, 1.54) is 38.5 Å². The molecule has 2 N–H and O–H groups in total. The predicted molar refractivity (Wildman–Crippen MR) is 132 cm³/mol. The van der Waals surface area contributed by atoms with Gasteiger partial charge in [-0.2, -0.15) is 0 Å². The Hall–Kier alpha value is -0.340. The summed E-state index contributed by atoms with van der Waals surface area (Å²) in [7, 11) is 0. The molecule has 2 heteroatoms. The fourth-order valence-electron chi connectivity index (χ4n) is 10.7. The molecule has 0 bridgehead atoms. The molecule has 4 fully saturated rings. The van der Waals surface area contributed by atoms with Crippen LogP contribution in [0.1, 0.15) is 113 Å². The minimum Gasteiger partial charge on any atom is -0.393 e. The fourth-order valence-corrected chi connectivity index (χ4v) is 10.7. The van der Waals surface area contributed by atoms with E-state index < -0.39 is 0 Å². The fraction of sp³-hybridized carbons (Fsp3) is 0.933. The van der Waals surface area contributed by atoms with Gasteiger partial charge >= 0.3 is 0 Å². The van der Waals surface area contributed by atoms with E-state index in [-0.39, 0.29) is 39.3 Å². The van der Waals surface area contributed by atoms with Crippen molar-refractivity contribution in [1.82, 2.24) is 0 Å². The minimum atomic E-state index is -0.225. The van der Waals surface area contributed by atoms with Gasteiger partial charge in [-0.3, -0.25) is 0 Å². The Labute approximate surface area is 197 Å². The first-order chi connectivity index (χ1) is 14.6. The summed E-state index contributed by atoms with van der Waals surface area (Å²) in [6.07, 6.45) is 12.7. The van der Waals surface area contributed by atoms with Crippen LogP contribution in [0.3, 0.4) is 0 Å². The minimum absolute atomic E-state index is 0.00660. The van der Waals surface area contributed by atoms with Gasteiger partial charge in [0.15, 0.2) is 0 Å². The molecule has 0 aromatic carbocycles. The van der Waals surface area contributed by atoms with Crippen molar-refractivity contribution in [2.75, 3.05) is 0 Å². The molecule has 0 aromatic rings. The monoisotopic (exact) mass is 442 g/mol. The molecule has 0 heterocycles. The zero-order valence-electron chi connectivity index (χ0n) is 22.2. The molecule has 0 unspecified atom stereocenters. The summed E-state index contributed by atoms with van der Waals surface area (Å²) in [5.41, 5.74) is 2.55. The highest BCUT2D eigenvalue weighted by Crippen LogP contribution is 2.76. The number of rotatable bonds is 0. The highest BCUT2D eigenvalue weighted by atomic mass is 16.3. The quantitative estimate of drug-likeness (QED) is 0.391. The van der Waals surface area contributed by atoms with E-state index >= 15 is 0 Å². The normalized spacial score (nSPS) is 56.2. The Balaban J connectivity index is 1.59. The number of hydrogen-bond acceptors (Lipinski definition) is 2. The maximum atomic E-state index is 11.7. The first-order valence-corrected chi connectivity index (χ1v) is 13.7. The SMILES string of the molecule is CC1(C)C=C2[C@H]3CC[C@@H]4[C@@]5(C)CC[C@H](O)C(C)(C)[C@@H]5CC[C@@]4(C)[C@]3(C)C[C@H](O)[C@@]2(C)CC1. The molecule has 5 rings (SSSR count). The van der Waals surface area contributed by atoms with Crippen molar-refractivity contribution in [3.05, 3.63) is 11.6 Å². The molecule has 5 aliphatic carbocycles. The maximum Gasteiger partial charge on any atom is 0.0636 e. The van der Waals surface area contributed by atoms with Crippen molar-refractivity contribution in [1.29, 1.82) is 0 Å². The third-order valence-corrected chi connectivity index (χ3v) is 13.1. The smallest absolute Gasteiger partial charge is 0.0636 e. The van der Waals surface area contributed by atoms with Crippen LogP contribution in [-0.4, -0.2) is 22.4 Å². The number of aliphatic hydroxyl groups is 2. The maximum absolute atomic E-state index is 11.7. The molecule has 0 radical (unpaired) electrons. The average molecular weight is 443 g/mol. The standard InChI is InChI=1S/C30H50O2/c1-25(2)15-16-27(5)20(17-25)19-9-10-22-28(6)13-12-23(31)26(3,4)21(28)11-14-29(22,7)30(19,8)18-24(27)32/h17,19,21-24,31-32H,9-16,18H2,1-8H3/t19-,21+,22-,23+,24+,27+,28+,29-,30-/m1/s1. The number of aliphatic hydroxyl groups excluding tert-OH is 2. The van der Waals surface area contributed by atoms with Gasteiger partial charge in [0.1, 0.15) is 0 Å². The van der Waals surface area contributed by atoms with Gasteiger partial charge in [-0.25, -0.2) is 0 Å². The van der Waals surface area contributed by atoms with Gasteiger partial charge in [-0.1, -0.05) is 67.0 Å². The molecule has 0 saturated heterocycles. The van der Waals surface area contributed by atoms with Crippen LogP contribution in [-0.2, 0) is 0 Å². The Kier molecular flexibility index (Phi) is 4.87. The van der Waals surface area contributed by atoms with Crippen LogP contribution < -0.4 is 0 Å². The molecule has 0 aliphatic heterocycles. The second-order valence-electron chi connectivity index (χ2n) is 15.2. The van der Waals surface area contributed by atoms with Gasteiger partial charge in [-0.05, 0) is 103 Å². The van der Waals surface area contributed by atoms with E-state index in [1.807, 2.05) is 0 Å². The topological polar surface area (TPSA) is 40.5 Å². The van der Waals surface area contributed by atoms with E-state index in [1.54, 1.807) is 5.57 Å². The van der Waals surface area contributed by atoms with Crippen LogP contribution in [0.5, 0.6) is 0 Å². The van der Waals surface area contributed by atoms with Crippen LogP contribution in [0.2, 0.25) is 0 Å². The summed E-state index contributed by atoms with van der Waals surface area (Å²) in [6, 6.07) is 0. The zero-order chi connectivity index (χ0) is 23.5. The lowest BCUT2D eigenvalue weighted by molar-refractivity contribution is -0.238. The van der Waals surface area contributed by atoms with Crippen molar-refractivity contribution in [2.24, 2.45) is 50.2 Å². The van der Waals surface area contributed by atoms with Crippen LogP contribution in [0.4, 0.5) is 0 Å². The molecule has 182 valence electrons. The lowest BCUT2D eigenvalue weighted by atomic mass is 9.32. The molecule has 0 spiro atoms. The second kappa shape index (κ2) is 6.66. The first-order valence-electron chi connectivity index (χ1n) is 13.7. The Morgan fingerprint density at radius 2 is 1.38 bits per heavy atom. The summed E-state index contributed by atoms with van der Waals surface area (Å²) in [5.74, 6) is 1.90. The zero-order valence-corrected chi connectivity index (χ0v) is 22.2. The van der Waals surface area contributed by atoms with E-state index in [0.29, 0.717) is 23.2 Å². The number of hydrogen-bond donors (Lipinski definition) is 2. The second-order valence-corrected chi connectivity index (χ2v) is 15.2. The first kappa shape index (κ1) is 23.4. The van der Waals surface area contributed by atoms with Gasteiger partial charge in [0.2, 0.25) is 0 Å². The largest absolute Gasteiger partial charge is 0.393 e. The van der Waals surface area contributed by atoms with Crippen LogP contribution in [0.25, 0.3) is 0 Å². The Morgan fingerprint density at radius 3 is 2.06 bits per heavy atom. The Bertz CT molecular complexity index is 825. The van der Waals surface area contributed by atoms with Gasteiger partial charge in [0.25, 0.3) is 0 Å². The van der Waals surface area contributed by atoms with Crippen LogP contribution >= 0.6 is 0 Å². The van der Waals surface area contributed by atoms with Gasteiger partial charge in [-0.15, -0.1) is 0 Å². The van der Waals surface area contributed by atoms with Crippen molar-refractivity contribution in [3.8, 4) is 0 Å². The van der Waals surface area contributed by atoms with Crippen molar-refractivity contribution >= 4 is 0 Å². The summed E-state index contributed by atoms with van der Waals surface area (Å²) >= 11 is 0. The van der Waals surface area contributed by atoms with E-state index in [2.05, 4.69) is 61.5 Å². The molecule has 0 amide bonds. The third-order valence-electron chi connectivity index (χ3n) is 13.1. The molecule has 5 aliphatic rings. The van der Waals surface area contributed by atoms with Gasteiger partial charge in [0.05, 0.1) is 12.2 Å². The highest BCUT2D eigenvalue weighted by Gasteiger charge is 2.69. The van der Waals surface area contributed by atoms with Crippen LogP contribution in [0.15, 0.2) is 11.6 Å². The Morgan fingerprint density at radius 1 is 0.688 bits per heavy atom. The molecule has 0 aromatic heterocycles. The van der Waals surface area contributed by atoms with Gasteiger partial charge < -0.3 is 10.2 Å². The highest BCUT2D eigenvalue weighted by molar-refractivity contribution is 5.33. The van der Waals surface area contributed by atoms with E-state index in [0.717, 1.165) is 19.3 Å². The number of fused-ring (bicyclic) bond motifs is 7. The van der Waals surface area contributed by atoms with Crippen molar-refractivity contribution in [2.45, 2.75) is 125 Å². The molecular weight excluding hydrogens is 392 g/mol. The summed E-state index contributed by atoms with van der Waals surface area (Å²) < 4.78 is 0. The number of allylic oxidation sites excluding steroid dienone is 1. The van der Waals surface area contributed by atoms with Crippen LogP contribution in [0, 0.1) is 50.2 Å². The molecule has 2 nitrogen and oxygen atoms in total. The lowest BCUT2D eigenvalue weighted by Crippen LogP contribution is -2.67.